The summed E-state index contributed by atoms with van der Waals surface area (Å²) >= 11 is 1.36. The second kappa shape index (κ2) is 7.12. The second-order valence-electron chi connectivity index (χ2n) is 5.52. The maximum atomic E-state index is 12.5. The van der Waals surface area contributed by atoms with Crippen LogP contribution in [-0.4, -0.2) is 37.9 Å². The number of amides is 1. The fourth-order valence-corrected chi connectivity index (χ4v) is 4.31. The molecule has 0 unspecified atom stereocenters. The molecular weight excluding hydrogens is 374 g/mol. The topological polar surface area (TPSA) is 88.6 Å². The number of aryl methyl sites for hydroxylation is 1. The molecule has 1 amide bonds. The van der Waals surface area contributed by atoms with Crippen LogP contribution in [-0.2, 0) is 14.9 Å². The monoisotopic (exact) mass is 391 g/mol. The molecule has 0 atom stereocenters. The minimum Gasteiger partial charge on any atom is -0.298 e. The highest BCUT2D eigenvalue weighted by molar-refractivity contribution is 7.89. The maximum Gasteiger partial charge on any atom is 0.264 e. The smallest absolute Gasteiger partial charge is 0.264 e. The number of aromatic nitrogens is 1. The zero-order valence-electron chi connectivity index (χ0n) is 14.4. The zero-order chi connectivity index (χ0) is 18.9. The van der Waals surface area contributed by atoms with Gasteiger partial charge in [-0.1, -0.05) is 34.0 Å². The number of hydrogen-bond acceptors (Lipinski definition) is 6. The van der Waals surface area contributed by atoms with Gasteiger partial charge in [0.25, 0.3) is 15.9 Å². The molecule has 0 aliphatic carbocycles. The lowest BCUT2D eigenvalue weighted by molar-refractivity contribution is -0.0258. The van der Waals surface area contributed by atoms with Gasteiger partial charge in [-0.25, -0.2) is 13.4 Å². The van der Waals surface area contributed by atoms with E-state index in [-0.39, 0.29) is 10.5 Å². The van der Waals surface area contributed by atoms with Crippen LogP contribution < -0.4 is 5.32 Å². The van der Waals surface area contributed by atoms with Gasteiger partial charge in [-0.3, -0.25) is 14.9 Å². The zero-order valence-corrected chi connectivity index (χ0v) is 16.0. The van der Waals surface area contributed by atoms with Gasteiger partial charge in [-0.2, -0.15) is 0 Å². The molecule has 1 N–H and O–H groups in total. The van der Waals surface area contributed by atoms with Crippen molar-refractivity contribution < 1.29 is 18.0 Å². The molecule has 26 heavy (non-hydrogen) atoms. The number of nitrogens with one attached hydrogen (secondary N) is 1. The Labute approximate surface area is 155 Å². The predicted molar refractivity (Wildman–Crippen MR) is 101 cm³/mol. The summed E-state index contributed by atoms with van der Waals surface area (Å²) in [4.78, 5) is 21.7. The van der Waals surface area contributed by atoms with E-state index in [0.29, 0.717) is 5.13 Å². The highest BCUT2D eigenvalue weighted by Crippen LogP contribution is 2.28. The molecule has 3 aromatic rings. The first kappa shape index (κ1) is 18.5. The third-order valence-electron chi connectivity index (χ3n) is 3.83. The number of nitrogens with zero attached hydrogens (tertiary/aromatic N) is 2. The van der Waals surface area contributed by atoms with Crippen LogP contribution in [0.4, 0.5) is 5.13 Å². The van der Waals surface area contributed by atoms with Crippen molar-refractivity contribution >= 4 is 42.6 Å². The first-order chi connectivity index (χ1) is 12.3. The van der Waals surface area contributed by atoms with Gasteiger partial charge in [-0.15, -0.1) is 0 Å². The van der Waals surface area contributed by atoms with Crippen molar-refractivity contribution in [2.24, 2.45) is 0 Å². The van der Waals surface area contributed by atoms with Crippen molar-refractivity contribution in [2.45, 2.75) is 11.8 Å². The Morgan fingerprint density at radius 2 is 1.96 bits per heavy atom. The Balaban J connectivity index is 1.88. The number of sulfonamides is 1. The summed E-state index contributed by atoms with van der Waals surface area (Å²) in [5.74, 6) is -0.432. The van der Waals surface area contributed by atoms with Gasteiger partial charge >= 0.3 is 0 Å². The quantitative estimate of drug-likeness (QED) is 0.676. The van der Waals surface area contributed by atoms with Crippen molar-refractivity contribution in [3.8, 4) is 0 Å². The molecule has 0 spiro atoms. The number of thiazole rings is 1. The molecule has 0 saturated carbocycles. The molecule has 3 rings (SSSR count). The lowest BCUT2D eigenvalue weighted by atomic mass is 10.2. The van der Waals surface area contributed by atoms with Crippen molar-refractivity contribution in [1.29, 1.82) is 0 Å². The molecule has 0 aliphatic heterocycles. The fourth-order valence-electron chi connectivity index (χ4n) is 2.35. The average molecular weight is 391 g/mol. The van der Waals surface area contributed by atoms with E-state index in [0.717, 1.165) is 20.2 Å². The predicted octanol–water partition coefficient (Wildman–Crippen LogP) is 3.04. The van der Waals surface area contributed by atoms with Crippen LogP contribution >= 0.6 is 11.3 Å². The number of hydroxylamine groups is 1. The minimum atomic E-state index is -3.83. The van der Waals surface area contributed by atoms with Crippen molar-refractivity contribution in [2.75, 3.05) is 19.5 Å². The molecule has 0 bridgehead atoms. The number of fused-ring (bicyclic) bond motifs is 1. The molecule has 1 aromatic heterocycles. The highest BCUT2D eigenvalue weighted by atomic mass is 32.2. The van der Waals surface area contributed by atoms with Crippen LogP contribution in [0, 0.1) is 6.92 Å². The highest BCUT2D eigenvalue weighted by Gasteiger charge is 2.22. The normalized spacial score (nSPS) is 11.8. The van der Waals surface area contributed by atoms with E-state index in [1.165, 1.54) is 43.7 Å². The largest absolute Gasteiger partial charge is 0.298 e. The molecule has 0 saturated heterocycles. The summed E-state index contributed by atoms with van der Waals surface area (Å²) < 4.78 is 26.3. The van der Waals surface area contributed by atoms with Crippen LogP contribution in [0.2, 0.25) is 0 Å². The number of carbonyl (C=O) groups is 1. The van der Waals surface area contributed by atoms with Gasteiger partial charge in [0, 0.05) is 12.6 Å². The molecule has 2 aromatic carbocycles. The third-order valence-corrected chi connectivity index (χ3v) is 6.44. The third kappa shape index (κ3) is 3.47. The minimum absolute atomic E-state index is 0.0327. The first-order valence-corrected chi connectivity index (χ1v) is 9.89. The van der Waals surface area contributed by atoms with E-state index in [2.05, 4.69) is 10.3 Å². The van der Waals surface area contributed by atoms with Crippen LogP contribution in [0.3, 0.4) is 0 Å². The van der Waals surface area contributed by atoms with Crippen LogP contribution in [0.1, 0.15) is 15.9 Å². The van der Waals surface area contributed by atoms with Gasteiger partial charge in [0.1, 0.15) is 0 Å². The standard InChI is InChI=1S/C17H17N3O4S2/c1-11-6-4-9-14-15(11)18-17(25-14)19-16(21)12-7-5-8-13(10-12)26(22,23)20(2)24-3/h4-10H,1-3H3,(H,18,19,21). The summed E-state index contributed by atoms with van der Waals surface area (Å²) in [6, 6.07) is 11.6. The Morgan fingerprint density at radius 1 is 1.23 bits per heavy atom. The summed E-state index contributed by atoms with van der Waals surface area (Å²) in [5.41, 5.74) is 2.08. The van der Waals surface area contributed by atoms with Crippen molar-refractivity contribution in [3.05, 3.63) is 53.6 Å². The van der Waals surface area contributed by atoms with E-state index < -0.39 is 15.9 Å². The number of carbonyl (C=O) groups excluding carboxylic acids is 1. The lowest BCUT2D eigenvalue weighted by Gasteiger charge is -2.14. The lowest BCUT2D eigenvalue weighted by Crippen LogP contribution is -2.26. The van der Waals surface area contributed by atoms with Crippen LogP contribution in [0.25, 0.3) is 10.2 Å². The summed E-state index contributed by atoms with van der Waals surface area (Å²) in [6.07, 6.45) is 0. The van der Waals surface area contributed by atoms with Gasteiger partial charge in [-0.05, 0) is 36.8 Å². The molecule has 136 valence electrons. The second-order valence-corrected chi connectivity index (χ2v) is 8.49. The summed E-state index contributed by atoms with van der Waals surface area (Å²) in [5, 5.41) is 3.19. The molecule has 9 heteroatoms. The van der Waals surface area contributed by atoms with Gasteiger partial charge in [0.05, 0.1) is 22.2 Å². The number of benzene rings is 2. The van der Waals surface area contributed by atoms with E-state index in [1.807, 2.05) is 25.1 Å². The summed E-state index contributed by atoms with van der Waals surface area (Å²) in [6.45, 7) is 1.95. The Morgan fingerprint density at radius 3 is 2.65 bits per heavy atom. The number of rotatable bonds is 5. The van der Waals surface area contributed by atoms with Crippen molar-refractivity contribution in [1.82, 2.24) is 9.45 Å². The number of hydrogen-bond donors (Lipinski definition) is 1. The number of anilines is 1. The van der Waals surface area contributed by atoms with E-state index >= 15 is 0 Å². The van der Waals surface area contributed by atoms with E-state index in [1.54, 1.807) is 6.07 Å². The summed E-state index contributed by atoms with van der Waals surface area (Å²) in [7, 11) is -1.29. The van der Waals surface area contributed by atoms with E-state index in [4.69, 9.17) is 4.84 Å². The molecule has 7 nitrogen and oxygen atoms in total. The Kier molecular flexibility index (Phi) is 5.05. The van der Waals surface area contributed by atoms with Crippen LogP contribution in [0.5, 0.6) is 0 Å². The molecule has 1 heterocycles. The maximum absolute atomic E-state index is 12.5. The molecule has 0 aliphatic rings. The van der Waals surface area contributed by atoms with Gasteiger partial charge in [0.2, 0.25) is 0 Å². The molecular formula is C17H17N3O4S2. The molecule has 0 fully saturated rings. The number of para-hydroxylation sites is 1. The van der Waals surface area contributed by atoms with Crippen LogP contribution in [0.15, 0.2) is 47.4 Å². The Bertz CT molecular complexity index is 1080. The van der Waals surface area contributed by atoms with E-state index in [9.17, 15) is 13.2 Å². The molecule has 0 radical (unpaired) electrons. The first-order valence-electron chi connectivity index (χ1n) is 7.63. The SMILES string of the molecule is CON(C)S(=O)(=O)c1cccc(C(=O)Nc2nc3c(C)cccc3s2)c1. The average Bonchev–Trinajstić information content (AvgIpc) is 3.05. The Hall–Kier alpha value is -2.33. The van der Waals surface area contributed by atoms with Gasteiger partial charge < -0.3 is 0 Å². The van der Waals surface area contributed by atoms with Crippen molar-refractivity contribution in [3.63, 3.8) is 0 Å². The fraction of sp³-hybridized carbons (Fsp3) is 0.176. The van der Waals surface area contributed by atoms with Gasteiger partial charge in [0.15, 0.2) is 5.13 Å².